The third-order valence-electron chi connectivity index (χ3n) is 4.53. The van der Waals surface area contributed by atoms with Crippen LogP contribution in [-0.4, -0.2) is 43.1 Å². The van der Waals surface area contributed by atoms with E-state index in [9.17, 15) is 4.21 Å². The summed E-state index contributed by atoms with van der Waals surface area (Å²) in [5.41, 5.74) is 2.19. The summed E-state index contributed by atoms with van der Waals surface area (Å²) >= 11 is 0. The van der Waals surface area contributed by atoms with Gasteiger partial charge < -0.3 is 4.90 Å². The number of fused-ring (bicyclic) bond motifs is 1. The summed E-state index contributed by atoms with van der Waals surface area (Å²) in [6.07, 6.45) is 7.92. The molecule has 4 rings (SSSR count). The van der Waals surface area contributed by atoms with Gasteiger partial charge in [-0.1, -0.05) is 12.1 Å². The highest BCUT2D eigenvalue weighted by atomic mass is 32.2. The van der Waals surface area contributed by atoms with Gasteiger partial charge in [0.15, 0.2) is 0 Å². The predicted molar refractivity (Wildman–Crippen MR) is 96.5 cm³/mol. The first-order chi connectivity index (χ1) is 12.0. The average Bonchev–Trinajstić information content (AvgIpc) is 3.26. The Labute approximate surface area is 146 Å². The van der Waals surface area contributed by atoms with Gasteiger partial charge in [-0.2, -0.15) is 14.6 Å². The van der Waals surface area contributed by atoms with Crippen molar-refractivity contribution in [3.05, 3.63) is 47.9 Å². The second-order valence-electron chi connectivity index (χ2n) is 6.44. The minimum Gasteiger partial charge on any atom is -0.356 e. The molecule has 0 amide bonds. The molecule has 1 aliphatic heterocycles. The molecule has 0 spiro atoms. The number of rotatable bonds is 4. The minimum atomic E-state index is -2.68. The molecule has 0 saturated carbocycles. The van der Waals surface area contributed by atoms with E-state index < -0.39 is 9.73 Å². The molecular formula is C17H20N6OS. The first-order valence-electron chi connectivity index (χ1n) is 8.28. The number of benzene rings is 1. The molecule has 2 aromatic heterocycles. The highest BCUT2D eigenvalue weighted by molar-refractivity contribution is 7.91. The molecule has 0 radical (unpaired) electrons. The molecule has 0 aliphatic carbocycles. The van der Waals surface area contributed by atoms with Gasteiger partial charge in [0.2, 0.25) is 0 Å². The second-order valence-corrected chi connectivity index (χ2v) is 8.60. The van der Waals surface area contributed by atoms with E-state index in [1.807, 2.05) is 22.8 Å². The molecule has 1 aliphatic rings. The van der Waals surface area contributed by atoms with Gasteiger partial charge in [-0.05, 0) is 30.5 Å². The van der Waals surface area contributed by atoms with Crippen molar-refractivity contribution in [2.75, 3.05) is 24.2 Å². The fraction of sp³-hybridized carbons (Fsp3) is 0.353. The fourth-order valence-corrected chi connectivity index (χ4v) is 3.94. The Morgan fingerprint density at radius 2 is 1.88 bits per heavy atom. The number of hydrogen-bond donors (Lipinski definition) is 1. The summed E-state index contributed by atoms with van der Waals surface area (Å²) in [7, 11) is -2.68. The van der Waals surface area contributed by atoms with Crippen LogP contribution >= 0.6 is 0 Å². The van der Waals surface area contributed by atoms with E-state index in [1.165, 1.54) is 25.4 Å². The van der Waals surface area contributed by atoms with Gasteiger partial charge in [-0.3, -0.25) is 0 Å². The smallest absolute Gasteiger partial charge is 0.254 e. The van der Waals surface area contributed by atoms with Crippen molar-refractivity contribution in [3.8, 4) is 0 Å². The summed E-state index contributed by atoms with van der Waals surface area (Å²) < 4.78 is 21.3. The summed E-state index contributed by atoms with van der Waals surface area (Å²) in [4.78, 5) is 11.5. The van der Waals surface area contributed by atoms with E-state index in [0.29, 0.717) is 17.1 Å². The zero-order valence-corrected chi connectivity index (χ0v) is 14.9. The van der Waals surface area contributed by atoms with Crippen molar-refractivity contribution >= 4 is 21.3 Å². The third-order valence-corrected chi connectivity index (χ3v) is 5.70. The van der Waals surface area contributed by atoms with Crippen LogP contribution in [0.3, 0.4) is 0 Å². The van der Waals surface area contributed by atoms with Crippen LogP contribution in [0.5, 0.6) is 0 Å². The maximum atomic E-state index is 11.8. The van der Waals surface area contributed by atoms with Crippen molar-refractivity contribution in [3.63, 3.8) is 0 Å². The standard InChI is InChI=1S/C17H20N6OS/c1-25(18,24)15-6-4-13(5-7-15)10-14-11-19-17-20-12-21-23(17)16(14)22-8-2-3-9-22/h4-7,11-12,18H,2-3,8-10H2,1H3. The Morgan fingerprint density at radius 3 is 2.56 bits per heavy atom. The lowest BCUT2D eigenvalue weighted by Crippen LogP contribution is -2.23. The first kappa shape index (κ1) is 16.0. The lowest BCUT2D eigenvalue weighted by atomic mass is 10.1. The summed E-state index contributed by atoms with van der Waals surface area (Å²) in [6, 6.07) is 7.43. The number of aromatic nitrogens is 4. The summed E-state index contributed by atoms with van der Waals surface area (Å²) in [5, 5.41) is 4.35. The van der Waals surface area contributed by atoms with Crippen molar-refractivity contribution in [1.29, 1.82) is 4.78 Å². The molecule has 0 bridgehead atoms. The zero-order chi connectivity index (χ0) is 17.4. The SMILES string of the molecule is CS(=N)(=O)c1ccc(Cc2cnc3ncnn3c2N2CCCC2)cc1. The van der Waals surface area contributed by atoms with Gasteiger partial charge in [0, 0.05) is 42.4 Å². The van der Waals surface area contributed by atoms with Crippen molar-refractivity contribution in [2.24, 2.45) is 0 Å². The third kappa shape index (κ3) is 3.09. The Kier molecular flexibility index (Phi) is 3.91. The lowest BCUT2D eigenvalue weighted by Gasteiger charge is -2.21. The highest BCUT2D eigenvalue weighted by Gasteiger charge is 2.20. The van der Waals surface area contributed by atoms with Gasteiger partial charge >= 0.3 is 0 Å². The molecular weight excluding hydrogens is 336 g/mol. The van der Waals surface area contributed by atoms with Gasteiger partial charge in [0.05, 0.1) is 9.73 Å². The number of hydrogen-bond acceptors (Lipinski definition) is 6. The molecule has 1 N–H and O–H groups in total. The van der Waals surface area contributed by atoms with Crippen LogP contribution in [0, 0.1) is 4.78 Å². The fourth-order valence-electron chi connectivity index (χ4n) is 3.28. The first-order valence-corrected chi connectivity index (χ1v) is 10.2. The average molecular weight is 356 g/mol. The van der Waals surface area contributed by atoms with E-state index in [-0.39, 0.29) is 0 Å². The topological polar surface area (TPSA) is 87.2 Å². The number of nitrogens with one attached hydrogen (secondary N) is 1. The molecule has 130 valence electrons. The van der Waals surface area contributed by atoms with E-state index in [1.54, 1.807) is 12.1 Å². The van der Waals surface area contributed by atoms with Crippen LogP contribution < -0.4 is 4.90 Å². The van der Waals surface area contributed by atoms with Crippen LogP contribution in [0.25, 0.3) is 5.78 Å². The number of nitrogens with zero attached hydrogens (tertiary/aromatic N) is 5. The normalized spacial score (nSPS) is 17.1. The van der Waals surface area contributed by atoms with E-state index in [4.69, 9.17) is 4.78 Å². The molecule has 1 aromatic carbocycles. The molecule has 1 fully saturated rings. The Bertz CT molecular complexity index is 1000. The lowest BCUT2D eigenvalue weighted by molar-refractivity contribution is 0.679. The van der Waals surface area contributed by atoms with Crippen molar-refractivity contribution in [2.45, 2.75) is 24.2 Å². The maximum absolute atomic E-state index is 11.8. The predicted octanol–water partition coefficient (Wildman–Crippen LogP) is 2.35. The quantitative estimate of drug-likeness (QED) is 0.775. The van der Waals surface area contributed by atoms with Crippen LogP contribution in [0.2, 0.25) is 0 Å². The second kappa shape index (κ2) is 6.11. The Morgan fingerprint density at radius 1 is 1.16 bits per heavy atom. The van der Waals surface area contributed by atoms with Crippen molar-refractivity contribution < 1.29 is 4.21 Å². The molecule has 1 unspecified atom stereocenters. The van der Waals surface area contributed by atoms with Gasteiger partial charge in [0.25, 0.3) is 5.78 Å². The largest absolute Gasteiger partial charge is 0.356 e. The molecule has 3 aromatic rings. The maximum Gasteiger partial charge on any atom is 0.254 e. The van der Waals surface area contributed by atoms with Gasteiger partial charge in [-0.25, -0.2) is 14.0 Å². The molecule has 8 heteroatoms. The van der Waals surface area contributed by atoms with Crippen molar-refractivity contribution in [1.82, 2.24) is 19.6 Å². The van der Waals surface area contributed by atoms with E-state index in [0.717, 1.165) is 30.0 Å². The zero-order valence-electron chi connectivity index (χ0n) is 14.1. The molecule has 7 nitrogen and oxygen atoms in total. The molecule has 3 heterocycles. The summed E-state index contributed by atoms with van der Waals surface area (Å²) in [5.74, 6) is 1.67. The molecule has 1 saturated heterocycles. The van der Waals surface area contributed by atoms with Gasteiger partial charge in [-0.15, -0.1) is 0 Å². The minimum absolute atomic E-state index is 0.556. The molecule has 25 heavy (non-hydrogen) atoms. The van der Waals surface area contributed by atoms with Crippen LogP contribution in [0.4, 0.5) is 5.82 Å². The Hall–Kier alpha value is -2.48. The monoisotopic (exact) mass is 356 g/mol. The highest BCUT2D eigenvalue weighted by Crippen LogP contribution is 2.26. The van der Waals surface area contributed by atoms with Gasteiger partial charge in [0.1, 0.15) is 12.1 Å². The summed E-state index contributed by atoms with van der Waals surface area (Å²) in [6.45, 7) is 2.03. The van der Waals surface area contributed by atoms with Crippen LogP contribution in [0.15, 0.2) is 41.7 Å². The number of anilines is 1. The van der Waals surface area contributed by atoms with E-state index >= 15 is 0 Å². The van der Waals surface area contributed by atoms with Crippen LogP contribution in [-0.2, 0) is 16.1 Å². The van der Waals surface area contributed by atoms with E-state index in [2.05, 4.69) is 20.0 Å². The van der Waals surface area contributed by atoms with Crippen LogP contribution in [0.1, 0.15) is 24.0 Å². The Balaban J connectivity index is 1.72. The molecule has 1 atom stereocenters.